The van der Waals surface area contributed by atoms with Gasteiger partial charge < -0.3 is 18.9 Å². The quantitative estimate of drug-likeness (QED) is 0.265. The van der Waals surface area contributed by atoms with Crippen molar-refractivity contribution in [1.82, 2.24) is 0 Å². The third-order valence-electron chi connectivity index (χ3n) is 3.15. The van der Waals surface area contributed by atoms with Crippen LogP contribution in [0.2, 0.25) is 0 Å². The normalized spacial score (nSPS) is 15.6. The molecule has 0 fully saturated rings. The lowest BCUT2D eigenvalue weighted by Gasteiger charge is -2.25. The van der Waals surface area contributed by atoms with Gasteiger partial charge in [-0.2, -0.15) is 0 Å². The Hall–Kier alpha value is -2.38. The van der Waals surface area contributed by atoms with Gasteiger partial charge in [0.25, 0.3) is 0 Å². The largest absolute Gasteiger partial charge is 0.463 e. The molecular formula is C17H26O8. The molecule has 0 aromatic rings. The van der Waals surface area contributed by atoms with E-state index in [4.69, 9.17) is 18.9 Å². The predicted octanol–water partition coefficient (Wildman–Crippen LogP) is 1.56. The van der Waals surface area contributed by atoms with Gasteiger partial charge >= 0.3 is 23.9 Å². The zero-order chi connectivity index (χ0) is 19.6. The van der Waals surface area contributed by atoms with Crippen molar-refractivity contribution in [2.75, 3.05) is 13.2 Å². The second-order valence-electron chi connectivity index (χ2n) is 5.30. The number of rotatable bonds is 9. The van der Waals surface area contributed by atoms with E-state index in [1.54, 1.807) is 20.8 Å². The van der Waals surface area contributed by atoms with Gasteiger partial charge in [-0.3, -0.25) is 9.59 Å². The summed E-state index contributed by atoms with van der Waals surface area (Å²) in [6, 6.07) is 0. The van der Waals surface area contributed by atoms with Crippen LogP contribution < -0.4 is 0 Å². The predicted molar refractivity (Wildman–Crippen MR) is 87.3 cm³/mol. The van der Waals surface area contributed by atoms with Gasteiger partial charge in [0, 0.05) is 0 Å². The zero-order valence-corrected chi connectivity index (χ0v) is 15.5. The van der Waals surface area contributed by atoms with E-state index in [0.29, 0.717) is 0 Å². The molecule has 0 radical (unpaired) electrons. The molecule has 25 heavy (non-hydrogen) atoms. The summed E-state index contributed by atoms with van der Waals surface area (Å²) in [7, 11) is 0. The average Bonchev–Trinajstić information content (AvgIpc) is 2.54. The van der Waals surface area contributed by atoms with Crippen molar-refractivity contribution < 1.29 is 38.1 Å². The molecule has 2 unspecified atom stereocenters. The smallest absolute Gasteiger partial charge is 0.347 e. The van der Waals surface area contributed by atoms with Crippen molar-refractivity contribution in [3.63, 3.8) is 0 Å². The molecule has 2 atom stereocenters. The van der Waals surface area contributed by atoms with E-state index in [0.717, 1.165) is 0 Å². The lowest BCUT2D eigenvalue weighted by molar-refractivity contribution is -0.182. The molecule has 142 valence electrons. The molecule has 0 heterocycles. The van der Waals surface area contributed by atoms with E-state index < -0.39 is 41.5 Å². The highest BCUT2D eigenvalue weighted by Crippen LogP contribution is 2.25. The Morgan fingerprint density at radius 1 is 0.880 bits per heavy atom. The monoisotopic (exact) mass is 358 g/mol. The van der Waals surface area contributed by atoms with Gasteiger partial charge in [-0.25, -0.2) is 9.59 Å². The first-order valence-electron chi connectivity index (χ1n) is 8.03. The lowest BCUT2D eigenvalue weighted by atomic mass is 9.90. The van der Waals surface area contributed by atoms with Gasteiger partial charge in [-0.1, -0.05) is 12.2 Å². The van der Waals surface area contributed by atoms with Crippen LogP contribution in [0, 0.1) is 5.41 Å². The summed E-state index contributed by atoms with van der Waals surface area (Å²) in [5.41, 5.74) is -1.82. The molecule has 0 bridgehead atoms. The Bertz CT molecular complexity index is 485. The van der Waals surface area contributed by atoms with Crippen molar-refractivity contribution in [1.29, 1.82) is 0 Å². The molecule has 0 aromatic carbocycles. The first-order valence-corrected chi connectivity index (χ1v) is 8.03. The summed E-state index contributed by atoms with van der Waals surface area (Å²) in [4.78, 5) is 47.9. The molecule has 0 aliphatic carbocycles. The maximum absolute atomic E-state index is 12.4. The minimum absolute atomic E-state index is 0.131. The summed E-state index contributed by atoms with van der Waals surface area (Å²) < 4.78 is 19.5. The second-order valence-corrected chi connectivity index (χ2v) is 5.30. The number of hydrogen-bond donors (Lipinski definition) is 0. The highest BCUT2D eigenvalue weighted by Gasteiger charge is 2.44. The Morgan fingerprint density at radius 2 is 1.24 bits per heavy atom. The summed E-state index contributed by atoms with van der Waals surface area (Å²) >= 11 is 0. The summed E-state index contributed by atoms with van der Waals surface area (Å²) in [6.45, 7) is 9.03. The minimum Gasteiger partial charge on any atom is -0.463 e. The zero-order valence-electron chi connectivity index (χ0n) is 15.5. The SMILES string of the molecule is CC=CC(C)(C(=O)OC(C)C(=O)OCC)C(=O)OC(C)C(=O)OCC. The topological polar surface area (TPSA) is 105 Å². The number of esters is 4. The maximum Gasteiger partial charge on any atom is 0.347 e. The fraction of sp³-hybridized carbons (Fsp3) is 0.647. The highest BCUT2D eigenvalue weighted by atomic mass is 16.6. The maximum atomic E-state index is 12.4. The van der Waals surface area contributed by atoms with Gasteiger partial charge in [0.2, 0.25) is 0 Å². The number of carbonyl (C=O) groups excluding carboxylic acids is 4. The summed E-state index contributed by atoms with van der Waals surface area (Å²) in [5.74, 6) is -3.45. The van der Waals surface area contributed by atoms with Crippen LogP contribution >= 0.6 is 0 Å². The van der Waals surface area contributed by atoms with Crippen molar-refractivity contribution in [2.45, 2.75) is 53.8 Å². The van der Waals surface area contributed by atoms with Crippen LogP contribution in [-0.4, -0.2) is 49.3 Å². The summed E-state index contributed by atoms with van der Waals surface area (Å²) in [6.07, 6.45) is 0.361. The van der Waals surface area contributed by atoms with E-state index in [1.165, 1.54) is 32.9 Å². The first-order chi connectivity index (χ1) is 11.6. The van der Waals surface area contributed by atoms with Crippen molar-refractivity contribution in [2.24, 2.45) is 5.41 Å². The van der Waals surface area contributed by atoms with Gasteiger partial charge in [-0.15, -0.1) is 0 Å². The van der Waals surface area contributed by atoms with Gasteiger partial charge in [0.05, 0.1) is 13.2 Å². The fourth-order valence-electron chi connectivity index (χ4n) is 1.73. The molecule has 0 saturated heterocycles. The molecule has 0 amide bonds. The van der Waals surface area contributed by atoms with Crippen molar-refractivity contribution in [3.05, 3.63) is 12.2 Å². The first kappa shape index (κ1) is 22.6. The molecule has 0 aliphatic heterocycles. The van der Waals surface area contributed by atoms with E-state index in [9.17, 15) is 19.2 Å². The Kier molecular flexibility index (Phi) is 9.48. The van der Waals surface area contributed by atoms with Crippen LogP contribution in [0.5, 0.6) is 0 Å². The van der Waals surface area contributed by atoms with Crippen molar-refractivity contribution in [3.8, 4) is 0 Å². The van der Waals surface area contributed by atoms with Crippen LogP contribution in [0.25, 0.3) is 0 Å². The van der Waals surface area contributed by atoms with Crippen molar-refractivity contribution >= 4 is 23.9 Å². The second kappa shape index (κ2) is 10.5. The molecule has 8 heteroatoms. The van der Waals surface area contributed by atoms with Crippen LogP contribution in [-0.2, 0) is 38.1 Å². The van der Waals surface area contributed by atoms with Gasteiger partial charge in [0.15, 0.2) is 17.6 Å². The van der Waals surface area contributed by atoms with E-state index in [2.05, 4.69) is 0 Å². The molecule has 0 rings (SSSR count). The summed E-state index contributed by atoms with van der Waals surface area (Å²) in [5, 5.41) is 0. The van der Waals surface area contributed by atoms with E-state index in [1.807, 2.05) is 0 Å². The van der Waals surface area contributed by atoms with Gasteiger partial charge in [0.1, 0.15) is 0 Å². The van der Waals surface area contributed by atoms with Crippen LogP contribution in [0.3, 0.4) is 0 Å². The number of ether oxygens (including phenoxy) is 4. The molecule has 0 N–H and O–H groups in total. The standard InChI is InChI=1S/C17H26O8/c1-7-10-17(6,15(20)24-11(4)13(18)22-8-2)16(21)25-12(5)14(19)23-9-3/h7,10-12H,8-9H2,1-6H3. The molecular weight excluding hydrogens is 332 g/mol. The fourth-order valence-corrected chi connectivity index (χ4v) is 1.73. The third kappa shape index (κ3) is 6.56. The molecule has 0 spiro atoms. The Balaban J connectivity index is 5.19. The Morgan fingerprint density at radius 3 is 1.52 bits per heavy atom. The molecule has 8 nitrogen and oxygen atoms in total. The van der Waals surface area contributed by atoms with Crippen LogP contribution in [0.15, 0.2) is 12.2 Å². The van der Waals surface area contributed by atoms with Crippen LogP contribution in [0.4, 0.5) is 0 Å². The van der Waals surface area contributed by atoms with E-state index >= 15 is 0 Å². The highest BCUT2D eigenvalue weighted by molar-refractivity contribution is 6.03. The molecule has 0 aliphatic rings. The molecule has 0 aromatic heterocycles. The van der Waals surface area contributed by atoms with Crippen LogP contribution in [0.1, 0.15) is 41.5 Å². The number of allylic oxidation sites excluding steroid dienone is 1. The molecule has 0 saturated carbocycles. The average molecular weight is 358 g/mol. The minimum atomic E-state index is -1.82. The van der Waals surface area contributed by atoms with E-state index in [-0.39, 0.29) is 13.2 Å². The third-order valence-corrected chi connectivity index (χ3v) is 3.15. The lowest BCUT2D eigenvalue weighted by Crippen LogP contribution is -2.43. The van der Waals surface area contributed by atoms with Gasteiger partial charge in [-0.05, 0) is 41.5 Å². The number of carbonyl (C=O) groups is 4. The Labute approximate surface area is 147 Å². The number of hydrogen-bond acceptors (Lipinski definition) is 8.